The highest BCUT2D eigenvalue weighted by molar-refractivity contribution is 14.0. The molecule has 2 N–H and O–H groups in total. The Morgan fingerprint density at radius 3 is 2.91 bits per heavy atom. The van der Waals surface area contributed by atoms with Gasteiger partial charge >= 0.3 is 0 Å². The Balaban J connectivity index is 0.00000264. The van der Waals surface area contributed by atoms with Crippen LogP contribution in [-0.4, -0.2) is 59.0 Å². The van der Waals surface area contributed by atoms with Crippen LogP contribution in [0.2, 0.25) is 0 Å². The number of imidazole rings is 1. The molecule has 0 bridgehead atoms. The van der Waals surface area contributed by atoms with E-state index in [0.717, 1.165) is 58.1 Å². The Bertz CT molecular complexity index is 476. The zero-order valence-electron chi connectivity index (χ0n) is 13.7. The predicted octanol–water partition coefficient (Wildman–Crippen LogP) is 1.07. The van der Waals surface area contributed by atoms with Gasteiger partial charge in [0.05, 0.1) is 6.33 Å². The van der Waals surface area contributed by atoms with Crippen molar-refractivity contribution in [3.63, 3.8) is 0 Å². The zero-order valence-corrected chi connectivity index (χ0v) is 16.0. The molecule has 0 atom stereocenters. The van der Waals surface area contributed by atoms with Crippen LogP contribution in [0.3, 0.4) is 0 Å². The number of hydrogen-bond donors (Lipinski definition) is 2. The lowest BCUT2D eigenvalue weighted by atomic mass is 10.4. The van der Waals surface area contributed by atoms with Gasteiger partial charge in [-0.2, -0.15) is 0 Å². The number of aliphatic imine (C=N–C) groups is 1. The van der Waals surface area contributed by atoms with Gasteiger partial charge in [0.15, 0.2) is 5.96 Å². The van der Waals surface area contributed by atoms with E-state index in [1.165, 1.54) is 0 Å². The summed E-state index contributed by atoms with van der Waals surface area (Å²) in [6.07, 6.45) is 8.14. The highest BCUT2D eigenvalue weighted by Gasteiger charge is 2.18. The highest BCUT2D eigenvalue weighted by Crippen LogP contribution is 2.09. The Kier molecular flexibility index (Phi) is 9.65. The topological polar surface area (TPSA) is 74.6 Å². The van der Waals surface area contributed by atoms with E-state index in [0.29, 0.717) is 6.42 Å². The van der Waals surface area contributed by atoms with Crippen LogP contribution >= 0.6 is 24.0 Å². The lowest BCUT2D eigenvalue weighted by molar-refractivity contribution is -0.127. The second kappa shape index (κ2) is 11.3. The molecule has 0 aromatic carbocycles. The molecule has 1 fully saturated rings. The van der Waals surface area contributed by atoms with Crippen LogP contribution in [0.25, 0.3) is 0 Å². The van der Waals surface area contributed by atoms with Crippen molar-refractivity contribution in [2.75, 3.05) is 32.7 Å². The fourth-order valence-electron chi connectivity index (χ4n) is 2.46. The first kappa shape index (κ1) is 19.7. The van der Waals surface area contributed by atoms with Crippen LogP contribution < -0.4 is 10.6 Å². The van der Waals surface area contributed by atoms with Crippen LogP contribution in [0.4, 0.5) is 0 Å². The molecule has 1 aromatic heterocycles. The van der Waals surface area contributed by atoms with Crippen molar-refractivity contribution < 1.29 is 4.79 Å². The fourth-order valence-corrected chi connectivity index (χ4v) is 2.46. The number of carbonyl (C=O) groups excluding carboxylic acids is 1. The summed E-state index contributed by atoms with van der Waals surface area (Å²) in [5, 5.41) is 6.54. The number of aromatic nitrogens is 2. The van der Waals surface area contributed by atoms with Gasteiger partial charge in [0.1, 0.15) is 0 Å². The molecule has 2 rings (SSSR count). The first-order chi connectivity index (χ1) is 10.8. The van der Waals surface area contributed by atoms with Gasteiger partial charge in [0.2, 0.25) is 5.91 Å². The molecule has 0 unspecified atom stereocenters. The first-order valence-electron chi connectivity index (χ1n) is 8.05. The van der Waals surface area contributed by atoms with E-state index in [4.69, 9.17) is 0 Å². The lowest BCUT2D eigenvalue weighted by Crippen LogP contribution is -2.39. The second-order valence-corrected chi connectivity index (χ2v) is 5.33. The number of carbonyl (C=O) groups is 1. The van der Waals surface area contributed by atoms with E-state index in [-0.39, 0.29) is 29.9 Å². The largest absolute Gasteiger partial charge is 0.357 e. The quantitative estimate of drug-likeness (QED) is 0.278. The molecule has 1 aliphatic rings. The number of guanidine groups is 1. The van der Waals surface area contributed by atoms with Gasteiger partial charge in [0.25, 0.3) is 0 Å². The van der Waals surface area contributed by atoms with Crippen molar-refractivity contribution in [1.82, 2.24) is 25.1 Å². The highest BCUT2D eigenvalue weighted by atomic mass is 127. The molecule has 2 heterocycles. The van der Waals surface area contributed by atoms with Crippen molar-refractivity contribution in [2.24, 2.45) is 4.99 Å². The first-order valence-corrected chi connectivity index (χ1v) is 8.05. The van der Waals surface area contributed by atoms with Crippen LogP contribution in [0.15, 0.2) is 23.7 Å². The molecule has 0 aliphatic carbocycles. The molecule has 1 aliphatic heterocycles. The molecule has 1 aromatic rings. The van der Waals surface area contributed by atoms with Gasteiger partial charge in [-0.3, -0.25) is 9.79 Å². The van der Waals surface area contributed by atoms with Crippen LogP contribution in [0, 0.1) is 0 Å². The molecule has 7 nitrogen and oxygen atoms in total. The molecule has 8 heteroatoms. The molecule has 130 valence electrons. The minimum Gasteiger partial charge on any atom is -0.357 e. The summed E-state index contributed by atoms with van der Waals surface area (Å²) in [5.41, 5.74) is 0. The molecule has 0 saturated carbocycles. The summed E-state index contributed by atoms with van der Waals surface area (Å²) in [6, 6.07) is 0. The molecule has 0 radical (unpaired) electrons. The maximum absolute atomic E-state index is 11.5. The van der Waals surface area contributed by atoms with Crippen molar-refractivity contribution in [1.29, 1.82) is 0 Å². The van der Waals surface area contributed by atoms with E-state index in [1.54, 1.807) is 12.5 Å². The third kappa shape index (κ3) is 7.19. The van der Waals surface area contributed by atoms with Gasteiger partial charge < -0.3 is 20.1 Å². The van der Waals surface area contributed by atoms with Gasteiger partial charge in [0, 0.05) is 58.1 Å². The number of nitrogens with one attached hydrogen (secondary N) is 2. The molecule has 1 saturated heterocycles. The SMILES string of the molecule is CCNC(=NCCCN1CCCC1=O)NCCn1ccnc1.I. The number of hydrogen-bond acceptors (Lipinski definition) is 3. The average Bonchev–Trinajstić information content (AvgIpc) is 3.15. The van der Waals surface area contributed by atoms with Gasteiger partial charge in [-0.15, -0.1) is 24.0 Å². The van der Waals surface area contributed by atoms with Crippen molar-refractivity contribution in [3.8, 4) is 0 Å². The molecule has 23 heavy (non-hydrogen) atoms. The minimum atomic E-state index is 0. The maximum atomic E-state index is 11.5. The second-order valence-electron chi connectivity index (χ2n) is 5.33. The predicted molar refractivity (Wildman–Crippen MR) is 102 cm³/mol. The third-order valence-corrected chi connectivity index (χ3v) is 3.59. The Morgan fingerprint density at radius 1 is 1.39 bits per heavy atom. The van der Waals surface area contributed by atoms with Crippen LogP contribution in [0.5, 0.6) is 0 Å². The number of amides is 1. The Morgan fingerprint density at radius 2 is 2.26 bits per heavy atom. The van der Waals surface area contributed by atoms with Crippen molar-refractivity contribution in [2.45, 2.75) is 32.7 Å². The van der Waals surface area contributed by atoms with Gasteiger partial charge in [-0.1, -0.05) is 0 Å². The number of likely N-dealkylation sites (tertiary alicyclic amines) is 1. The lowest BCUT2D eigenvalue weighted by Gasteiger charge is -2.15. The molecular formula is C15H27IN6O. The Labute approximate surface area is 155 Å². The van der Waals surface area contributed by atoms with E-state index in [9.17, 15) is 4.79 Å². The van der Waals surface area contributed by atoms with E-state index >= 15 is 0 Å². The summed E-state index contributed by atoms with van der Waals surface area (Å²) >= 11 is 0. The minimum absolute atomic E-state index is 0. The smallest absolute Gasteiger partial charge is 0.222 e. The summed E-state index contributed by atoms with van der Waals surface area (Å²) in [4.78, 5) is 22.0. The molecular weight excluding hydrogens is 407 g/mol. The zero-order chi connectivity index (χ0) is 15.6. The summed E-state index contributed by atoms with van der Waals surface area (Å²) in [7, 11) is 0. The van der Waals surface area contributed by atoms with E-state index in [1.807, 2.05) is 15.7 Å². The summed E-state index contributed by atoms with van der Waals surface area (Å²) in [5.74, 6) is 1.12. The van der Waals surface area contributed by atoms with E-state index in [2.05, 4.69) is 27.5 Å². The molecule has 0 spiro atoms. The normalized spacial score (nSPS) is 14.7. The maximum Gasteiger partial charge on any atom is 0.222 e. The monoisotopic (exact) mass is 434 g/mol. The van der Waals surface area contributed by atoms with Crippen LogP contribution in [0.1, 0.15) is 26.2 Å². The summed E-state index contributed by atoms with van der Waals surface area (Å²) < 4.78 is 2.02. The number of rotatable bonds is 8. The number of halogens is 1. The van der Waals surface area contributed by atoms with Gasteiger partial charge in [-0.25, -0.2) is 4.98 Å². The van der Waals surface area contributed by atoms with Crippen LogP contribution in [-0.2, 0) is 11.3 Å². The van der Waals surface area contributed by atoms with E-state index < -0.39 is 0 Å². The summed E-state index contributed by atoms with van der Waals surface area (Å²) in [6.45, 7) is 6.99. The Hall–Kier alpha value is -1.32. The standard InChI is InChI=1S/C15H26N6O.HI/c1-2-17-15(19-8-12-20-11-7-16-13-20)18-6-4-10-21-9-3-5-14(21)22;/h7,11,13H,2-6,8-10,12H2,1H3,(H2,17,18,19);1H. The van der Waals surface area contributed by atoms with Gasteiger partial charge in [-0.05, 0) is 19.8 Å². The van der Waals surface area contributed by atoms with Crippen molar-refractivity contribution >= 4 is 35.8 Å². The third-order valence-electron chi connectivity index (χ3n) is 3.59. The van der Waals surface area contributed by atoms with Crippen molar-refractivity contribution in [3.05, 3.63) is 18.7 Å². The fraction of sp³-hybridized carbons (Fsp3) is 0.667. The molecule has 1 amide bonds. The average molecular weight is 434 g/mol. The number of nitrogens with zero attached hydrogens (tertiary/aromatic N) is 4.